The third-order valence-corrected chi connectivity index (χ3v) is 3.61. The highest BCUT2D eigenvalue weighted by Gasteiger charge is 2.34. The number of ether oxygens (including phenoxy) is 2. The van der Waals surface area contributed by atoms with Gasteiger partial charge in [-0.15, -0.1) is 0 Å². The molecule has 142 valence electrons. The number of carbonyl (C=O) groups excluding carboxylic acids is 1. The van der Waals surface area contributed by atoms with Crippen LogP contribution in [0.2, 0.25) is 0 Å². The Morgan fingerprint density at radius 3 is 2.19 bits per heavy atom. The first-order chi connectivity index (χ1) is 12.0. The molecule has 0 fully saturated rings. The lowest BCUT2D eigenvalue weighted by Gasteiger charge is -2.29. The van der Waals surface area contributed by atoms with Crippen molar-refractivity contribution in [3.05, 3.63) is 53.5 Å². The zero-order valence-electron chi connectivity index (χ0n) is 16.5. The topological polar surface area (TPSA) is 60.7 Å². The van der Waals surface area contributed by atoms with Crippen LogP contribution in [0, 0.1) is 6.92 Å². The van der Waals surface area contributed by atoms with E-state index in [1.54, 1.807) is 13.8 Å². The molecule has 0 amide bonds. The van der Waals surface area contributed by atoms with Crippen LogP contribution in [0.5, 0.6) is 5.75 Å². The van der Waals surface area contributed by atoms with Gasteiger partial charge in [-0.1, -0.05) is 12.1 Å². The maximum atomic E-state index is 12.3. The number of esters is 1. The quantitative estimate of drug-likeness (QED) is 0.744. The summed E-state index contributed by atoms with van der Waals surface area (Å²) in [5.74, 6) is 2.08. The van der Waals surface area contributed by atoms with Crippen molar-refractivity contribution in [2.24, 2.45) is 0 Å². The fraction of sp³-hybridized carbons (Fsp3) is 0.476. The molecule has 0 spiro atoms. The van der Waals surface area contributed by atoms with Gasteiger partial charge in [-0.3, -0.25) is 0 Å². The van der Waals surface area contributed by atoms with Crippen LogP contribution in [0.1, 0.15) is 51.7 Å². The highest BCUT2D eigenvalue weighted by Crippen LogP contribution is 2.22. The molecular formula is C21H29NO4. The van der Waals surface area contributed by atoms with Gasteiger partial charge in [0.15, 0.2) is 5.60 Å². The van der Waals surface area contributed by atoms with Gasteiger partial charge in [-0.25, -0.2) is 4.79 Å². The predicted octanol–water partition coefficient (Wildman–Crippen LogP) is 4.38. The van der Waals surface area contributed by atoms with Crippen LogP contribution in [0.15, 0.2) is 40.8 Å². The predicted molar refractivity (Wildman–Crippen MR) is 101 cm³/mol. The van der Waals surface area contributed by atoms with Gasteiger partial charge >= 0.3 is 5.97 Å². The van der Waals surface area contributed by atoms with Crippen LogP contribution in [0.25, 0.3) is 0 Å². The Hall–Kier alpha value is -2.27. The van der Waals surface area contributed by atoms with Gasteiger partial charge in [0.2, 0.25) is 0 Å². The third-order valence-electron chi connectivity index (χ3n) is 3.61. The van der Waals surface area contributed by atoms with Crippen molar-refractivity contribution in [1.29, 1.82) is 0 Å². The second-order valence-corrected chi connectivity index (χ2v) is 7.87. The number of aryl methyl sites for hydroxylation is 1. The summed E-state index contributed by atoms with van der Waals surface area (Å²) < 4.78 is 16.8. The van der Waals surface area contributed by atoms with Crippen LogP contribution in [-0.4, -0.2) is 17.2 Å². The fourth-order valence-corrected chi connectivity index (χ4v) is 2.32. The van der Waals surface area contributed by atoms with Gasteiger partial charge < -0.3 is 19.2 Å². The molecule has 26 heavy (non-hydrogen) atoms. The lowest BCUT2D eigenvalue weighted by Crippen LogP contribution is -2.43. The normalized spacial score (nSPS) is 12.1. The molecule has 1 heterocycles. The van der Waals surface area contributed by atoms with E-state index in [4.69, 9.17) is 13.9 Å². The molecule has 0 saturated heterocycles. The molecule has 5 heteroatoms. The summed E-state index contributed by atoms with van der Waals surface area (Å²) in [6.45, 7) is 12.3. The first-order valence-corrected chi connectivity index (χ1v) is 8.83. The molecule has 1 aromatic heterocycles. The molecule has 0 aliphatic heterocycles. The average Bonchev–Trinajstić information content (AvgIpc) is 2.92. The zero-order chi connectivity index (χ0) is 19.4. The van der Waals surface area contributed by atoms with Crippen molar-refractivity contribution in [3.8, 4) is 5.75 Å². The Bertz CT molecular complexity index is 723. The first-order valence-electron chi connectivity index (χ1n) is 8.83. The number of nitrogens with one attached hydrogen (secondary N) is 1. The number of benzene rings is 1. The lowest BCUT2D eigenvalue weighted by atomic mass is 10.1. The number of hydrogen-bond donors (Lipinski definition) is 1. The minimum absolute atomic E-state index is 0.385. The van der Waals surface area contributed by atoms with Crippen LogP contribution in [0.4, 0.5) is 0 Å². The van der Waals surface area contributed by atoms with E-state index >= 15 is 0 Å². The molecule has 0 aliphatic rings. The Morgan fingerprint density at radius 1 is 1.00 bits per heavy atom. The van der Waals surface area contributed by atoms with Gasteiger partial charge in [0.05, 0.1) is 6.54 Å². The van der Waals surface area contributed by atoms with E-state index in [0.29, 0.717) is 12.3 Å². The number of carbonyl (C=O) groups is 1. The molecule has 0 saturated carbocycles. The SMILES string of the molecule is Cc1ccc(CNCc2ccc(OC(C)(C)C(=O)OC(C)(C)C)cc2)o1. The third kappa shape index (κ3) is 6.23. The summed E-state index contributed by atoms with van der Waals surface area (Å²) in [5, 5.41) is 3.33. The summed E-state index contributed by atoms with van der Waals surface area (Å²) in [4.78, 5) is 12.3. The molecule has 0 atom stereocenters. The smallest absolute Gasteiger partial charge is 0.350 e. The molecular weight excluding hydrogens is 330 g/mol. The second kappa shape index (κ2) is 7.96. The van der Waals surface area contributed by atoms with Gasteiger partial charge in [-0.2, -0.15) is 0 Å². The molecule has 2 aromatic rings. The molecule has 0 bridgehead atoms. The molecule has 0 radical (unpaired) electrons. The Morgan fingerprint density at radius 2 is 1.65 bits per heavy atom. The lowest BCUT2D eigenvalue weighted by molar-refractivity contribution is -0.170. The van der Waals surface area contributed by atoms with Gasteiger partial charge in [0, 0.05) is 6.54 Å². The summed E-state index contributed by atoms with van der Waals surface area (Å²) in [6, 6.07) is 11.6. The van der Waals surface area contributed by atoms with E-state index in [1.807, 2.05) is 64.1 Å². The maximum absolute atomic E-state index is 12.3. The molecule has 0 unspecified atom stereocenters. The summed E-state index contributed by atoms with van der Waals surface area (Å²) in [5.41, 5.74) is -0.472. The van der Waals surface area contributed by atoms with Gasteiger partial charge in [-0.05, 0) is 71.4 Å². The largest absolute Gasteiger partial charge is 0.476 e. The highest BCUT2D eigenvalue weighted by molar-refractivity contribution is 5.79. The van der Waals surface area contributed by atoms with E-state index < -0.39 is 11.2 Å². The highest BCUT2D eigenvalue weighted by atomic mass is 16.6. The van der Waals surface area contributed by atoms with E-state index in [2.05, 4.69) is 5.32 Å². The van der Waals surface area contributed by atoms with Crippen molar-refractivity contribution in [3.63, 3.8) is 0 Å². The zero-order valence-corrected chi connectivity index (χ0v) is 16.5. The molecule has 1 aromatic carbocycles. The van der Waals surface area contributed by atoms with E-state index in [0.717, 1.165) is 23.6 Å². The van der Waals surface area contributed by atoms with E-state index in [-0.39, 0.29) is 5.97 Å². The molecule has 1 N–H and O–H groups in total. The minimum atomic E-state index is -1.05. The number of hydrogen-bond acceptors (Lipinski definition) is 5. The standard InChI is InChI=1S/C21H29NO4/c1-15-7-10-18(24-15)14-22-13-16-8-11-17(12-9-16)25-21(5,6)19(23)26-20(2,3)4/h7-12,22H,13-14H2,1-6H3. The van der Waals surface area contributed by atoms with Crippen LogP contribution in [-0.2, 0) is 22.6 Å². The number of rotatable bonds is 7. The fourth-order valence-electron chi connectivity index (χ4n) is 2.32. The van der Waals surface area contributed by atoms with Gasteiger partial charge in [0.1, 0.15) is 22.9 Å². The van der Waals surface area contributed by atoms with Crippen molar-refractivity contribution in [1.82, 2.24) is 5.32 Å². The Kier molecular flexibility index (Phi) is 6.13. The van der Waals surface area contributed by atoms with Gasteiger partial charge in [0.25, 0.3) is 0 Å². The van der Waals surface area contributed by atoms with E-state index in [1.165, 1.54) is 0 Å². The first kappa shape index (κ1) is 20.0. The van der Waals surface area contributed by atoms with Crippen molar-refractivity contribution in [2.75, 3.05) is 0 Å². The summed E-state index contributed by atoms with van der Waals surface area (Å²) in [7, 11) is 0. The van der Waals surface area contributed by atoms with Crippen LogP contribution in [0.3, 0.4) is 0 Å². The molecule has 2 rings (SSSR count). The van der Waals surface area contributed by atoms with Crippen LogP contribution >= 0.6 is 0 Å². The second-order valence-electron chi connectivity index (χ2n) is 7.87. The van der Waals surface area contributed by atoms with E-state index in [9.17, 15) is 4.79 Å². The summed E-state index contributed by atoms with van der Waals surface area (Å²) >= 11 is 0. The monoisotopic (exact) mass is 359 g/mol. The molecule has 0 aliphatic carbocycles. The molecule has 5 nitrogen and oxygen atoms in total. The van der Waals surface area contributed by atoms with Crippen molar-refractivity contribution >= 4 is 5.97 Å². The number of furan rings is 1. The minimum Gasteiger partial charge on any atom is -0.476 e. The average molecular weight is 359 g/mol. The maximum Gasteiger partial charge on any atom is 0.350 e. The Labute approximate surface area is 155 Å². The van der Waals surface area contributed by atoms with Crippen molar-refractivity contribution < 1.29 is 18.7 Å². The van der Waals surface area contributed by atoms with Crippen molar-refractivity contribution in [2.45, 2.75) is 65.8 Å². The van der Waals surface area contributed by atoms with Crippen LogP contribution < -0.4 is 10.1 Å². The summed E-state index contributed by atoms with van der Waals surface area (Å²) in [6.07, 6.45) is 0. The Balaban J connectivity index is 1.87.